The van der Waals surface area contributed by atoms with Crippen LogP contribution in [-0.4, -0.2) is 9.78 Å². The maximum Gasteiger partial charge on any atom is 0.153 e. The molecule has 0 spiro atoms. The van der Waals surface area contributed by atoms with E-state index in [9.17, 15) is 0 Å². The first-order valence-corrected chi connectivity index (χ1v) is 5.02. The average Bonchev–Trinajstić information content (AvgIpc) is 2.44. The lowest BCUT2D eigenvalue weighted by Gasteiger charge is -2.01. The van der Waals surface area contributed by atoms with Gasteiger partial charge in [0.2, 0.25) is 0 Å². The van der Waals surface area contributed by atoms with Crippen LogP contribution in [0.2, 0.25) is 5.02 Å². The molecule has 0 saturated heterocycles. The zero-order valence-electron chi connectivity index (χ0n) is 8.66. The molecule has 0 saturated carbocycles. The third kappa shape index (κ3) is 1.70. The Kier molecular flexibility index (Phi) is 2.40. The van der Waals surface area contributed by atoms with Crippen molar-refractivity contribution in [2.45, 2.75) is 6.92 Å². The SMILES string of the molecule is Cc1c(-c2ccc(Cl)cc2)c(N)nn1C. The smallest absolute Gasteiger partial charge is 0.153 e. The lowest BCUT2D eigenvalue weighted by atomic mass is 10.1. The van der Waals surface area contributed by atoms with Crippen LogP contribution in [0.1, 0.15) is 5.69 Å². The predicted molar refractivity (Wildman–Crippen MR) is 62.8 cm³/mol. The average molecular weight is 222 g/mol. The number of nitrogens with zero attached hydrogens (tertiary/aromatic N) is 2. The number of anilines is 1. The standard InChI is InChI=1S/C11H12ClN3/c1-7-10(11(13)14-15(7)2)8-3-5-9(12)6-4-8/h3-6H,1-2H3,(H2,13,14). The Bertz CT molecular complexity index is 485. The van der Waals surface area contributed by atoms with Gasteiger partial charge in [0.05, 0.1) is 0 Å². The van der Waals surface area contributed by atoms with Gasteiger partial charge >= 0.3 is 0 Å². The monoisotopic (exact) mass is 221 g/mol. The van der Waals surface area contributed by atoms with E-state index in [0.29, 0.717) is 5.82 Å². The maximum atomic E-state index is 5.85. The zero-order valence-corrected chi connectivity index (χ0v) is 9.42. The van der Waals surface area contributed by atoms with Gasteiger partial charge in [0, 0.05) is 23.3 Å². The summed E-state index contributed by atoms with van der Waals surface area (Å²) in [6.07, 6.45) is 0. The highest BCUT2D eigenvalue weighted by molar-refractivity contribution is 6.30. The Morgan fingerprint density at radius 3 is 2.33 bits per heavy atom. The van der Waals surface area contributed by atoms with Gasteiger partial charge in [0.15, 0.2) is 5.82 Å². The van der Waals surface area contributed by atoms with Crippen molar-refractivity contribution in [3.8, 4) is 11.1 Å². The molecule has 2 aromatic rings. The number of nitrogens with two attached hydrogens (primary N) is 1. The van der Waals surface area contributed by atoms with Gasteiger partial charge in [-0.3, -0.25) is 4.68 Å². The fraction of sp³-hybridized carbons (Fsp3) is 0.182. The Balaban J connectivity index is 2.58. The summed E-state index contributed by atoms with van der Waals surface area (Å²) in [5, 5.41) is 4.89. The highest BCUT2D eigenvalue weighted by Gasteiger charge is 2.11. The molecular formula is C11H12ClN3. The molecule has 15 heavy (non-hydrogen) atoms. The van der Waals surface area contributed by atoms with Crippen molar-refractivity contribution in [2.75, 3.05) is 5.73 Å². The number of aryl methyl sites for hydroxylation is 1. The van der Waals surface area contributed by atoms with Crippen LogP contribution in [-0.2, 0) is 7.05 Å². The van der Waals surface area contributed by atoms with E-state index in [2.05, 4.69) is 5.10 Å². The molecule has 2 N–H and O–H groups in total. The van der Waals surface area contributed by atoms with Crippen LogP contribution in [0.15, 0.2) is 24.3 Å². The highest BCUT2D eigenvalue weighted by atomic mass is 35.5. The third-order valence-corrected chi connectivity index (χ3v) is 2.75. The molecule has 0 amide bonds. The summed E-state index contributed by atoms with van der Waals surface area (Å²) >= 11 is 5.83. The Morgan fingerprint density at radius 2 is 1.87 bits per heavy atom. The number of nitrogen functional groups attached to an aromatic ring is 1. The van der Waals surface area contributed by atoms with Crippen molar-refractivity contribution in [1.82, 2.24) is 9.78 Å². The Morgan fingerprint density at radius 1 is 1.27 bits per heavy atom. The summed E-state index contributed by atoms with van der Waals surface area (Å²) in [6, 6.07) is 7.59. The fourth-order valence-corrected chi connectivity index (χ4v) is 1.73. The molecule has 0 aliphatic carbocycles. The molecule has 1 aromatic heterocycles. The van der Waals surface area contributed by atoms with Gasteiger partial charge in [0.25, 0.3) is 0 Å². The van der Waals surface area contributed by atoms with Crippen molar-refractivity contribution in [2.24, 2.45) is 7.05 Å². The predicted octanol–water partition coefficient (Wildman–Crippen LogP) is 2.63. The minimum atomic E-state index is 0.553. The topological polar surface area (TPSA) is 43.8 Å². The third-order valence-electron chi connectivity index (χ3n) is 2.49. The first kappa shape index (κ1) is 10.1. The lowest BCUT2D eigenvalue weighted by molar-refractivity contribution is 0.744. The van der Waals surface area contributed by atoms with E-state index < -0.39 is 0 Å². The first-order chi connectivity index (χ1) is 7.09. The zero-order chi connectivity index (χ0) is 11.0. The van der Waals surface area contributed by atoms with E-state index in [1.54, 1.807) is 4.68 Å². The lowest BCUT2D eigenvalue weighted by Crippen LogP contribution is -1.93. The molecule has 0 bridgehead atoms. The van der Waals surface area contributed by atoms with E-state index in [-0.39, 0.29) is 0 Å². The fourth-order valence-electron chi connectivity index (χ4n) is 1.61. The highest BCUT2D eigenvalue weighted by Crippen LogP contribution is 2.29. The second-order valence-corrected chi connectivity index (χ2v) is 3.91. The molecule has 78 valence electrons. The number of aromatic nitrogens is 2. The van der Waals surface area contributed by atoms with E-state index >= 15 is 0 Å². The van der Waals surface area contributed by atoms with Crippen LogP contribution in [0.4, 0.5) is 5.82 Å². The molecule has 3 nitrogen and oxygen atoms in total. The number of halogens is 1. The largest absolute Gasteiger partial charge is 0.382 e. The number of benzene rings is 1. The van der Waals surface area contributed by atoms with Crippen LogP contribution in [0.25, 0.3) is 11.1 Å². The van der Waals surface area contributed by atoms with Gasteiger partial charge in [-0.2, -0.15) is 5.10 Å². The maximum absolute atomic E-state index is 5.85. The van der Waals surface area contributed by atoms with Gasteiger partial charge in [-0.1, -0.05) is 23.7 Å². The summed E-state index contributed by atoms with van der Waals surface area (Å²) in [4.78, 5) is 0. The minimum Gasteiger partial charge on any atom is -0.382 e. The summed E-state index contributed by atoms with van der Waals surface area (Å²) in [7, 11) is 1.88. The summed E-state index contributed by atoms with van der Waals surface area (Å²) < 4.78 is 1.78. The number of rotatable bonds is 1. The van der Waals surface area contributed by atoms with E-state index in [4.69, 9.17) is 17.3 Å². The van der Waals surface area contributed by atoms with Crippen LogP contribution in [0, 0.1) is 6.92 Å². The molecule has 0 aliphatic rings. The Labute approximate surface area is 93.5 Å². The van der Waals surface area contributed by atoms with Crippen LogP contribution >= 0.6 is 11.6 Å². The van der Waals surface area contributed by atoms with Crippen molar-refractivity contribution in [3.63, 3.8) is 0 Å². The molecule has 0 radical (unpaired) electrons. The number of hydrogen-bond acceptors (Lipinski definition) is 2. The second kappa shape index (κ2) is 3.59. The van der Waals surface area contributed by atoms with Crippen LogP contribution in [0.5, 0.6) is 0 Å². The molecule has 1 heterocycles. The first-order valence-electron chi connectivity index (χ1n) is 4.64. The van der Waals surface area contributed by atoms with Gasteiger partial charge in [-0.05, 0) is 24.6 Å². The molecule has 0 atom stereocenters. The summed E-state index contributed by atoms with van der Waals surface area (Å²) in [5.74, 6) is 0.553. The minimum absolute atomic E-state index is 0.553. The van der Waals surface area contributed by atoms with Gasteiger partial charge in [-0.15, -0.1) is 0 Å². The van der Waals surface area contributed by atoms with E-state index in [0.717, 1.165) is 21.8 Å². The molecule has 2 rings (SSSR count). The summed E-state index contributed by atoms with van der Waals surface area (Å²) in [5.41, 5.74) is 8.92. The molecule has 0 fully saturated rings. The molecule has 4 heteroatoms. The van der Waals surface area contributed by atoms with Crippen molar-refractivity contribution in [1.29, 1.82) is 0 Å². The molecule has 0 aliphatic heterocycles. The van der Waals surface area contributed by atoms with Crippen molar-refractivity contribution in [3.05, 3.63) is 35.0 Å². The molecule has 1 aromatic carbocycles. The van der Waals surface area contributed by atoms with Crippen LogP contribution in [0.3, 0.4) is 0 Å². The second-order valence-electron chi connectivity index (χ2n) is 3.48. The van der Waals surface area contributed by atoms with Gasteiger partial charge < -0.3 is 5.73 Å². The molecular weight excluding hydrogens is 210 g/mol. The van der Waals surface area contributed by atoms with Gasteiger partial charge in [0.1, 0.15) is 0 Å². The van der Waals surface area contributed by atoms with Gasteiger partial charge in [-0.25, -0.2) is 0 Å². The summed E-state index contributed by atoms with van der Waals surface area (Å²) in [6.45, 7) is 1.99. The Hall–Kier alpha value is -1.48. The van der Waals surface area contributed by atoms with Crippen molar-refractivity contribution < 1.29 is 0 Å². The quantitative estimate of drug-likeness (QED) is 0.805. The van der Waals surface area contributed by atoms with Crippen molar-refractivity contribution >= 4 is 17.4 Å². The van der Waals surface area contributed by atoms with E-state index in [1.807, 2.05) is 38.2 Å². The van der Waals surface area contributed by atoms with Crippen LogP contribution < -0.4 is 5.73 Å². The number of hydrogen-bond donors (Lipinski definition) is 1. The molecule has 0 unspecified atom stereocenters. The normalized spacial score (nSPS) is 10.6. The van der Waals surface area contributed by atoms with E-state index in [1.165, 1.54) is 0 Å².